The number of carbonyl (C=O) groups excluding carboxylic acids is 1. The topological polar surface area (TPSA) is 87.6 Å². The van der Waals surface area contributed by atoms with Crippen LogP contribution in [0, 0.1) is 0 Å². The van der Waals surface area contributed by atoms with Gasteiger partial charge < -0.3 is 5.32 Å². The van der Waals surface area contributed by atoms with Crippen molar-refractivity contribution in [2.24, 2.45) is 4.99 Å². The normalized spacial score (nSPS) is 14.5. The highest BCUT2D eigenvalue weighted by atomic mass is 35.5. The van der Waals surface area contributed by atoms with Crippen LogP contribution in [0.2, 0.25) is 5.02 Å². The SMILES string of the molecule is O=C(CSCc1ccc(Cl)cc1)Nc1cccc(S(=O)(=O)NC2=NCCCCC2)c1. The molecular formula is C21H24ClN3O3S2. The predicted molar refractivity (Wildman–Crippen MR) is 124 cm³/mol. The number of halogens is 1. The summed E-state index contributed by atoms with van der Waals surface area (Å²) in [6.45, 7) is 0.641. The molecule has 0 aliphatic carbocycles. The second-order valence-corrected chi connectivity index (χ2v) is 10.0. The molecule has 0 aromatic heterocycles. The number of hydrogen-bond donors (Lipinski definition) is 2. The van der Waals surface area contributed by atoms with Crippen LogP contribution in [0.5, 0.6) is 0 Å². The van der Waals surface area contributed by atoms with Crippen molar-refractivity contribution < 1.29 is 13.2 Å². The van der Waals surface area contributed by atoms with Crippen molar-refractivity contribution in [3.8, 4) is 0 Å². The van der Waals surface area contributed by atoms with E-state index < -0.39 is 10.0 Å². The summed E-state index contributed by atoms with van der Waals surface area (Å²) in [6, 6.07) is 13.7. The van der Waals surface area contributed by atoms with E-state index in [1.54, 1.807) is 12.1 Å². The first kappa shape index (κ1) is 22.7. The summed E-state index contributed by atoms with van der Waals surface area (Å²) < 4.78 is 28.0. The molecule has 9 heteroatoms. The van der Waals surface area contributed by atoms with E-state index in [-0.39, 0.29) is 16.6 Å². The van der Waals surface area contributed by atoms with E-state index in [0.717, 1.165) is 24.8 Å². The van der Waals surface area contributed by atoms with E-state index in [1.165, 1.54) is 23.9 Å². The van der Waals surface area contributed by atoms with Crippen LogP contribution in [0.1, 0.15) is 31.2 Å². The molecule has 2 aromatic rings. The number of hydrogen-bond acceptors (Lipinski definition) is 5. The van der Waals surface area contributed by atoms with Crippen LogP contribution >= 0.6 is 23.4 Å². The molecule has 1 aliphatic rings. The number of carbonyl (C=O) groups is 1. The van der Waals surface area contributed by atoms with Gasteiger partial charge in [-0.05, 0) is 48.7 Å². The minimum Gasteiger partial charge on any atom is -0.325 e. The third-order valence-electron chi connectivity index (χ3n) is 4.47. The number of nitrogens with one attached hydrogen (secondary N) is 2. The molecule has 160 valence electrons. The number of rotatable bonds is 7. The standard InChI is InChI=1S/C21H24ClN3O3S2/c22-17-10-8-16(9-11-17)14-29-15-21(26)24-18-5-4-6-19(13-18)30(27,28)25-20-7-2-1-3-12-23-20/h4-6,8-11,13H,1-3,7,12,14-15H2,(H,23,25)(H,24,26). The summed E-state index contributed by atoms with van der Waals surface area (Å²) in [5.41, 5.74) is 1.52. The van der Waals surface area contributed by atoms with Gasteiger partial charge >= 0.3 is 0 Å². The molecule has 1 amide bonds. The highest BCUT2D eigenvalue weighted by Gasteiger charge is 2.18. The quantitative estimate of drug-likeness (QED) is 0.631. The van der Waals surface area contributed by atoms with Gasteiger partial charge in [-0.25, -0.2) is 8.42 Å². The minimum atomic E-state index is -3.74. The summed E-state index contributed by atoms with van der Waals surface area (Å²) in [6.07, 6.45) is 3.57. The van der Waals surface area contributed by atoms with Gasteiger partial charge in [-0.1, -0.05) is 36.2 Å². The smallest absolute Gasteiger partial charge is 0.262 e. The molecule has 1 aliphatic heterocycles. The van der Waals surface area contributed by atoms with Crippen LogP contribution < -0.4 is 10.0 Å². The minimum absolute atomic E-state index is 0.0982. The molecule has 0 spiro atoms. The van der Waals surface area contributed by atoms with E-state index in [2.05, 4.69) is 15.0 Å². The molecule has 30 heavy (non-hydrogen) atoms. The molecule has 2 aromatic carbocycles. The number of aliphatic imine (C=N–C) groups is 1. The van der Waals surface area contributed by atoms with Gasteiger partial charge in [0.25, 0.3) is 10.0 Å². The lowest BCUT2D eigenvalue weighted by atomic mass is 10.2. The average molecular weight is 466 g/mol. The fourth-order valence-corrected chi connectivity index (χ4v) is 5.00. The predicted octanol–water partition coefficient (Wildman–Crippen LogP) is 4.46. The van der Waals surface area contributed by atoms with Crippen LogP contribution in [0.4, 0.5) is 5.69 Å². The van der Waals surface area contributed by atoms with Crippen molar-refractivity contribution in [2.75, 3.05) is 17.6 Å². The Morgan fingerprint density at radius 3 is 2.70 bits per heavy atom. The Labute approximate surface area is 186 Å². The maximum Gasteiger partial charge on any atom is 0.262 e. The molecule has 2 N–H and O–H groups in total. The molecule has 1 heterocycles. The van der Waals surface area contributed by atoms with Crippen molar-refractivity contribution in [3.05, 3.63) is 59.1 Å². The van der Waals surface area contributed by atoms with Gasteiger partial charge in [0.2, 0.25) is 5.91 Å². The highest BCUT2D eigenvalue weighted by Crippen LogP contribution is 2.18. The van der Waals surface area contributed by atoms with Gasteiger partial charge in [0, 0.05) is 29.4 Å². The zero-order valence-corrected chi connectivity index (χ0v) is 18.8. The summed E-state index contributed by atoms with van der Waals surface area (Å²) in [7, 11) is -3.74. The number of sulfonamides is 1. The highest BCUT2D eigenvalue weighted by molar-refractivity contribution is 7.99. The van der Waals surface area contributed by atoms with Gasteiger partial charge in [0.05, 0.1) is 10.6 Å². The van der Waals surface area contributed by atoms with E-state index in [0.29, 0.717) is 35.3 Å². The number of amides is 1. The van der Waals surface area contributed by atoms with Crippen molar-refractivity contribution in [2.45, 2.75) is 36.3 Å². The van der Waals surface area contributed by atoms with E-state index in [1.807, 2.05) is 24.3 Å². The lowest BCUT2D eigenvalue weighted by Gasteiger charge is -2.11. The molecule has 0 unspecified atom stereocenters. The molecule has 6 nitrogen and oxygen atoms in total. The maximum atomic E-state index is 12.7. The Hall–Kier alpha value is -2.03. The molecule has 0 fully saturated rings. The van der Waals surface area contributed by atoms with Crippen molar-refractivity contribution in [1.82, 2.24) is 4.72 Å². The van der Waals surface area contributed by atoms with Crippen LogP contribution in [-0.4, -0.2) is 32.5 Å². The van der Waals surface area contributed by atoms with Gasteiger partial charge in [0.15, 0.2) is 0 Å². The Morgan fingerprint density at radius 2 is 1.90 bits per heavy atom. The fourth-order valence-electron chi connectivity index (χ4n) is 2.95. The van der Waals surface area contributed by atoms with E-state index in [4.69, 9.17) is 11.6 Å². The summed E-state index contributed by atoms with van der Waals surface area (Å²) in [5.74, 6) is 1.25. The molecule has 0 saturated heterocycles. The van der Waals surface area contributed by atoms with Gasteiger partial charge in [-0.2, -0.15) is 0 Å². The van der Waals surface area contributed by atoms with Crippen molar-refractivity contribution >= 4 is 50.8 Å². The number of amidine groups is 1. The van der Waals surface area contributed by atoms with E-state index in [9.17, 15) is 13.2 Å². The Morgan fingerprint density at radius 1 is 1.10 bits per heavy atom. The van der Waals surface area contributed by atoms with Crippen LogP contribution in [0.15, 0.2) is 58.4 Å². The average Bonchev–Trinajstić information content (AvgIpc) is 2.98. The molecule has 3 rings (SSSR count). The van der Waals surface area contributed by atoms with Crippen molar-refractivity contribution in [1.29, 1.82) is 0 Å². The lowest BCUT2D eigenvalue weighted by molar-refractivity contribution is -0.113. The third kappa shape index (κ3) is 7.04. The van der Waals surface area contributed by atoms with Crippen LogP contribution in [-0.2, 0) is 20.6 Å². The van der Waals surface area contributed by atoms with E-state index >= 15 is 0 Å². The Bertz CT molecular complexity index is 1010. The summed E-state index contributed by atoms with van der Waals surface area (Å²) in [4.78, 5) is 16.6. The monoisotopic (exact) mass is 465 g/mol. The van der Waals surface area contributed by atoms with Crippen molar-refractivity contribution in [3.63, 3.8) is 0 Å². The number of thioether (sulfide) groups is 1. The summed E-state index contributed by atoms with van der Waals surface area (Å²) in [5, 5.41) is 3.44. The molecule has 0 atom stereocenters. The van der Waals surface area contributed by atoms with Crippen LogP contribution in [0.25, 0.3) is 0 Å². The number of nitrogens with zero attached hydrogens (tertiary/aromatic N) is 1. The largest absolute Gasteiger partial charge is 0.325 e. The number of benzene rings is 2. The lowest BCUT2D eigenvalue weighted by Crippen LogP contribution is -2.30. The summed E-state index contributed by atoms with van der Waals surface area (Å²) >= 11 is 7.34. The maximum absolute atomic E-state index is 12.7. The first-order valence-corrected chi connectivity index (χ1v) is 12.7. The molecule has 0 saturated carbocycles. The zero-order valence-electron chi connectivity index (χ0n) is 16.4. The van der Waals surface area contributed by atoms with Gasteiger partial charge in [-0.3, -0.25) is 14.5 Å². The number of anilines is 1. The Kier molecular flexibility index (Phi) is 8.18. The van der Waals surface area contributed by atoms with Gasteiger partial charge in [-0.15, -0.1) is 11.8 Å². The van der Waals surface area contributed by atoms with Gasteiger partial charge in [0.1, 0.15) is 5.84 Å². The second kappa shape index (κ2) is 10.8. The third-order valence-corrected chi connectivity index (χ3v) is 7.10. The molecular weight excluding hydrogens is 442 g/mol. The Balaban J connectivity index is 1.55. The first-order valence-electron chi connectivity index (χ1n) is 9.71. The fraction of sp³-hybridized carbons (Fsp3) is 0.333. The second-order valence-electron chi connectivity index (χ2n) is 6.94. The van der Waals surface area contributed by atoms with Crippen LogP contribution in [0.3, 0.4) is 0 Å². The molecule has 0 radical (unpaired) electrons. The zero-order chi connectivity index (χ0) is 21.4. The molecule has 0 bridgehead atoms. The first-order chi connectivity index (χ1) is 14.4.